The van der Waals surface area contributed by atoms with E-state index < -0.39 is 0 Å². The van der Waals surface area contributed by atoms with Gasteiger partial charge in [0.25, 0.3) is 0 Å². The summed E-state index contributed by atoms with van der Waals surface area (Å²) < 4.78 is 5.24. The number of methoxy groups -OCH3 is 1. The fourth-order valence-electron chi connectivity index (χ4n) is 3.07. The van der Waals surface area contributed by atoms with Crippen molar-refractivity contribution in [3.8, 4) is 28.3 Å². The maximum atomic E-state index is 5.24. The van der Waals surface area contributed by atoms with E-state index in [2.05, 4.69) is 41.4 Å². The second-order valence-electron chi connectivity index (χ2n) is 5.51. The summed E-state index contributed by atoms with van der Waals surface area (Å²) in [6, 6.07) is 16.5. The van der Waals surface area contributed by atoms with Crippen molar-refractivity contribution in [3.63, 3.8) is 0 Å². The van der Waals surface area contributed by atoms with E-state index in [0.29, 0.717) is 0 Å². The van der Waals surface area contributed by atoms with Gasteiger partial charge in [0, 0.05) is 23.1 Å². The van der Waals surface area contributed by atoms with Crippen LogP contribution in [0.15, 0.2) is 48.5 Å². The van der Waals surface area contributed by atoms with Crippen LogP contribution in [0.2, 0.25) is 0 Å². The minimum atomic E-state index is 0.807. The van der Waals surface area contributed by atoms with Crippen LogP contribution in [0.25, 0.3) is 22.5 Å². The van der Waals surface area contributed by atoms with Gasteiger partial charge in [0.2, 0.25) is 0 Å². The molecule has 0 fully saturated rings. The van der Waals surface area contributed by atoms with E-state index >= 15 is 0 Å². The van der Waals surface area contributed by atoms with Crippen LogP contribution in [-0.2, 0) is 6.42 Å². The SMILES string of the molecule is COc1ccc(-c2nc(C)nc3c2Cc2ccccc2-3)cc1. The molecule has 0 amide bonds. The van der Waals surface area contributed by atoms with Crippen LogP contribution in [0, 0.1) is 6.92 Å². The standard InChI is InChI=1S/C19H16N2O/c1-12-20-18(13-7-9-15(22-2)10-8-13)17-11-14-5-3-4-6-16(14)19(17)21-12/h3-10H,11H2,1-2H3. The van der Waals surface area contributed by atoms with Crippen molar-refractivity contribution in [2.75, 3.05) is 7.11 Å². The summed E-state index contributed by atoms with van der Waals surface area (Å²) in [5.41, 5.74) is 6.99. The smallest absolute Gasteiger partial charge is 0.126 e. The van der Waals surface area contributed by atoms with Crippen LogP contribution in [-0.4, -0.2) is 17.1 Å². The van der Waals surface area contributed by atoms with Gasteiger partial charge in [0.1, 0.15) is 11.6 Å². The lowest BCUT2D eigenvalue weighted by molar-refractivity contribution is 0.415. The Labute approximate surface area is 129 Å². The minimum Gasteiger partial charge on any atom is -0.497 e. The van der Waals surface area contributed by atoms with E-state index in [-0.39, 0.29) is 0 Å². The van der Waals surface area contributed by atoms with E-state index in [1.165, 1.54) is 16.7 Å². The summed E-state index contributed by atoms with van der Waals surface area (Å²) in [5, 5.41) is 0. The molecule has 0 bridgehead atoms. The van der Waals surface area contributed by atoms with Crippen molar-refractivity contribution >= 4 is 0 Å². The number of aromatic nitrogens is 2. The number of hydrogen-bond donors (Lipinski definition) is 0. The van der Waals surface area contributed by atoms with Crippen LogP contribution in [0.4, 0.5) is 0 Å². The molecule has 3 heteroatoms. The molecule has 0 unspecified atom stereocenters. The quantitative estimate of drug-likeness (QED) is 0.558. The van der Waals surface area contributed by atoms with E-state index in [1.54, 1.807) is 7.11 Å². The summed E-state index contributed by atoms with van der Waals surface area (Å²) in [7, 11) is 1.68. The lowest BCUT2D eigenvalue weighted by Gasteiger charge is -2.09. The zero-order valence-corrected chi connectivity index (χ0v) is 12.6. The molecule has 0 spiro atoms. The lowest BCUT2D eigenvalue weighted by Crippen LogP contribution is -1.98. The van der Waals surface area contributed by atoms with Gasteiger partial charge in [0.15, 0.2) is 0 Å². The first kappa shape index (κ1) is 13.0. The number of rotatable bonds is 2. The number of aryl methyl sites for hydroxylation is 1. The van der Waals surface area contributed by atoms with Crippen molar-refractivity contribution in [3.05, 3.63) is 65.5 Å². The molecule has 108 valence electrons. The molecule has 0 saturated carbocycles. The normalized spacial score (nSPS) is 11.9. The maximum absolute atomic E-state index is 5.24. The van der Waals surface area contributed by atoms with Gasteiger partial charge in [-0.2, -0.15) is 0 Å². The third-order valence-electron chi connectivity index (χ3n) is 4.12. The Morgan fingerprint density at radius 3 is 2.41 bits per heavy atom. The topological polar surface area (TPSA) is 35.0 Å². The van der Waals surface area contributed by atoms with Gasteiger partial charge in [-0.15, -0.1) is 0 Å². The third-order valence-corrected chi connectivity index (χ3v) is 4.12. The van der Waals surface area contributed by atoms with Gasteiger partial charge in [-0.25, -0.2) is 9.97 Å². The van der Waals surface area contributed by atoms with Gasteiger partial charge >= 0.3 is 0 Å². The van der Waals surface area contributed by atoms with Crippen molar-refractivity contribution in [1.82, 2.24) is 9.97 Å². The Bertz CT molecular complexity index is 854. The molecular formula is C19H16N2O. The molecule has 3 nitrogen and oxygen atoms in total. The molecule has 1 heterocycles. The summed E-state index contributed by atoms with van der Waals surface area (Å²) in [4.78, 5) is 9.38. The second kappa shape index (κ2) is 4.95. The second-order valence-corrected chi connectivity index (χ2v) is 5.51. The van der Waals surface area contributed by atoms with Crippen LogP contribution < -0.4 is 4.74 Å². The van der Waals surface area contributed by atoms with E-state index in [4.69, 9.17) is 9.72 Å². The minimum absolute atomic E-state index is 0.807. The molecule has 0 N–H and O–H groups in total. The fourth-order valence-corrected chi connectivity index (χ4v) is 3.07. The van der Waals surface area contributed by atoms with Gasteiger partial charge in [-0.1, -0.05) is 24.3 Å². The highest BCUT2D eigenvalue weighted by Crippen LogP contribution is 2.39. The van der Waals surface area contributed by atoms with Crippen molar-refractivity contribution < 1.29 is 4.74 Å². The molecule has 0 radical (unpaired) electrons. The van der Waals surface area contributed by atoms with E-state index in [0.717, 1.165) is 34.9 Å². The van der Waals surface area contributed by atoms with E-state index in [9.17, 15) is 0 Å². The Balaban J connectivity index is 1.90. The van der Waals surface area contributed by atoms with Crippen molar-refractivity contribution in [2.45, 2.75) is 13.3 Å². The highest BCUT2D eigenvalue weighted by Gasteiger charge is 2.24. The average Bonchev–Trinajstić information content (AvgIpc) is 2.93. The predicted molar refractivity (Wildman–Crippen MR) is 87.0 cm³/mol. The molecule has 0 aliphatic heterocycles. The summed E-state index contributed by atoms with van der Waals surface area (Å²) in [6.45, 7) is 1.95. The van der Waals surface area contributed by atoms with Gasteiger partial charge < -0.3 is 4.74 Å². The Kier molecular flexibility index (Phi) is 2.93. The molecule has 1 aliphatic carbocycles. The first-order valence-electron chi connectivity index (χ1n) is 7.36. The molecule has 1 aliphatic rings. The number of nitrogens with zero attached hydrogens (tertiary/aromatic N) is 2. The van der Waals surface area contributed by atoms with Crippen molar-refractivity contribution in [1.29, 1.82) is 0 Å². The maximum Gasteiger partial charge on any atom is 0.126 e. The fraction of sp³-hybridized carbons (Fsp3) is 0.158. The van der Waals surface area contributed by atoms with Crippen molar-refractivity contribution in [2.24, 2.45) is 0 Å². The highest BCUT2D eigenvalue weighted by molar-refractivity contribution is 5.80. The van der Waals surface area contributed by atoms with Crippen LogP contribution in [0.5, 0.6) is 5.75 Å². The molecular weight excluding hydrogens is 272 g/mol. The average molecular weight is 288 g/mol. The largest absolute Gasteiger partial charge is 0.497 e. The van der Waals surface area contributed by atoms with E-state index in [1.807, 2.05) is 19.1 Å². The summed E-state index contributed by atoms with van der Waals surface area (Å²) in [6.07, 6.45) is 0.896. The molecule has 22 heavy (non-hydrogen) atoms. The molecule has 1 aromatic heterocycles. The monoisotopic (exact) mass is 288 g/mol. The van der Waals surface area contributed by atoms with Gasteiger partial charge in [-0.05, 0) is 36.8 Å². The Hall–Kier alpha value is -2.68. The summed E-state index contributed by atoms with van der Waals surface area (Å²) in [5.74, 6) is 1.66. The number of hydrogen-bond acceptors (Lipinski definition) is 3. The third kappa shape index (κ3) is 1.98. The van der Waals surface area contributed by atoms with Gasteiger partial charge in [0.05, 0.1) is 18.5 Å². The lowest BCUT2D eigenvalue weighted by atomic mass is 10.0. The highest BCUT2D eigenvalue weighted by atomic mass is 16.5. The summed E-state index contributed by atoms with van der Waals surface area (Å²) >= 11 is 0. The van der Waals surface area contributed by atoms with Gasteiger partial charge in [-0.3, -0.25) is 0 Å². The van der Waals surface area contributed by atoms with Crippen LogP contribution >= 0.6 is 0 Å². The zero-order chi connectivity index (χ0) is 15.1. The molecule has 3 aromatic rings. The number of benzene rings is 2. The predicted octanol–water partition coefficient (Wildman–Crippen LogP) is 4.03. The van der Waals surface area contributed by atoms with Crippen LogP contribution in [0.1, 0.15) is 17.0 Å². The molecule has 0 atom stereocenters. The first-order valence-corrected chi connectivity index (χ1v) is 7.36. The molecule has 4 rings (SSSR count). The molecule has 0 saturated heterocycles. The Morgan fingerprint density at radius 2 is 1.64 bits per heavy atom. The molecule has 2 aromatic carbocycles. The zero-order valence-electron chi connectivity index (χ0n) is 12.6. The number of fused-ring (bicyclic) bond motifs is 3. The Morgan fingerprint density at radius 1 is 0.909 bits per heavy atom. The number of ether oxygens (including phenoxy) is 1. The first-order chi connectivity index (χ1) is 10.8. The van der Waals surface area contributed by atoms with Crippen LogP contribution in [0.3, 0.4) is 0 Å².